The molecule has 1 saturated heterocycles. The zero-order valence-corrected chi connectivity index (χ0v) is 9.19. The molecule has 90 valence electrons. The van der Waals surface area contributed by atoms with Crippen LogP contribution in [0.1, 0.15) is 5.56 Å². The third-order valence-corrected chi connectivity index (χ3v) is 2.77. The normalized spacial score (nSPS) is 22.8. The summed E-state index contributed by atoms with van der Waals surface area (Å²) >= 11 is 0. The number of para-hydroxylation sites is 1. The van der Waals surface area contributed by atoms with Gasteiger partial charge in [0.2, 0.25) is 0 Å². The Balaban J connectivity index is 2.54. The van der Waals surface area contributed by atoms with Crippen LogP contribution in [0.15, 0.2) is 24.3 Å². The second-order valence-electron chi connectivity index (χ2n) is 3.72. The number of rotatable bonds is 3. The Morgan fingerprint density at radius 3 is 2.71 bits per heavy atom. The maximum absolute atomic E-state index is 11.4. The van der Waals surface area contributed by atoms with E-state index in [1.165, 1.54) is 7.11 Å². The van der Waals surface area contributed by atoms with Crippen molar-refractivity contribution in [1.29, 1.82) is 0 Å². The average molecular weight is 236 g/mol. The molecule has 17 heavy (non-hydrogen) atoms. The van der Waals surface area contributed by atoms with E-state index in [-0.39, 0.29) is 6.54 Å². The van der Waals surface area contributed by atoms with E-state index in [4.69, 9.17) is 4.74 Å². The molecule has 2 amide bonds. The van der Waals surface area contributed by atoms with Crippen LogP contribution in [-0.4, -0.2) is 30.8 Å². The van der Waals surface area contributed by atoms with Crippen LogP contribution in [0, 0.1) is 0 Å². The van der Waals surface area contributed by atoms with E-state index in [9.17, 15) is 14.7 Å². The van der Waals surface area contributed by atoms with Crippen LogP contribution in [0.25, 0.3) is 0 Å². The smallest absolute Gasteiger partial charge is 0.336 e. The standard InChI is InChI=1S/C11H12N2O4/c1-17-8-5-3-2-4-7(8)11(9(14)15)6-12-10(16)13-11/h2-5H,6H2,1H3,(H,14,15)(H2,12,13,16). The molecule has 0 radical (unpaired) electrons. The fourth-order valence-electron chi connectivity index (χ4n) is 1.90. The Kier molecular flexibility index (Phi) is 2.63. The van der Waals surface area contributed by atoms with Crippen molar-refractivity contribution in [3.63, 3.8) is 0 Å². The molecule has 0 spiro atoms. The molecular formula is C11H12N2O4. The number of urea groups is 1. The molecule has 6 nitrogen and oxygen atoms in total. The third-order valence-electron chi connectivity index (χ3n) is 2.77. The van der Waals surface area contributed by atoms with Gasteiger partial charge < -0.3 is 20.5 Å². The molecule has 6 heteroatoms. The lowest BCUT2D eigenvalue weighted by Crippen LogP contribution is -2.48. The summed E-state index contributed by atoms with van der Waals surface area (Å²) in [4.78, 5) is 22.6. The Hall–Kier alpha value is -2.24. The summed E-state index contributed by atoms with van der Waals surface area (Å²) < 4.78 is 5.13. The number of benzene rings is 1. The van der Waals surface area contributed by atoms with Crippen molar-refractivity contribution >= 4 is 12.0 Å². The summed E-state index contributed by atoms with van der Waals surface area (Å²) in [5.41, 5.74) is -1.04. The monoisotopic (exact) mass is 236 g/mol. The zero-order valence-electron chi connectivity index (χ0n) is 9.19. The van der Waals surface area contributed by atoms with Gasteiger partial charge in [0.15, 0.2) is 5.54 Å². The second kappa shape index (κ2) is 3.97. The molecule has 1 atom stereocenters. The molecule has 1 aliphatic heterocycles. The van der Waals surface area contributed by atoms with Crippen LogP contribution in [0.3, 0.4) is 0 Å². The van der Waals surface area contributed by atoms with E-state index in [2.05, 4.69) is 10.6 Å². The van der Waals surface area contributed by atoms with Crippen molar-refractivity contribution in [2.75, 3.05) is 13.7 Å². The molecule has 1 heterocycles. The lowest BCUT2D eigenvalue weighted by Gasteiger charge is -2.24. The summed E-state index contributed by atoms with van der Waals surface area (Å²) in [5.74, 6) is -0.695. The van der Waals surface area contributed by atoms with Crippen molar-refractivity contribution in [2.24, 2.45) is 0 Å². The first-order valence-corrected chi connectivity index (χ1v) is 5.03. The first-order chi connectivity index (χ1) is 8.10. The number of carboxylic acids is 1. The van der Waals surface area contributed by atoms with E-state index >= 15 is 0 Å². The number of nitrogens with one attached hydrogen (secondary N) is 2. The van der Waals surface area contributed by atoms with Crippen LogP contribution in [0.5, 0.6) is 5.75 Å². The summed E-state index contributed by atoms with van der Waals surface area (Å²) in [7, 11) is 1.46. The Morgan fingerprint density at radius 1 is 1.47 bits per heavy atom. The highest BCUT2D eigenvalue weighted by molar-refractivity contribution is 5.92. The largest absolute Gasteiger partial charge is 0.496 e. The summed E-state index contributed by atoms with van der Waals surface area (Å²) in [6.45, 7) is -0.0124. The zero-order chi connectivity index (χ0) is 12.5. The van der Waals surface area contributed by atoms with Crippen LogP contribution in [0.4, 0.5) is 4.79 Å². The predicted octanol–water partition coefficient (Wildman–Crippen LogP) is 0.288. The van der Waals surface area contributed by atoms with Crippen molar-refractivity contribution in [2.45, 2.75) is 5.54 Å². The number of hydrogen-bond acceptors (Lipinski definition) is 3. The first-order valence-electron chi connectivity index (χ1n) is 5.03. The minimum absolute atomic E-state index is 0.0124. The van der Waals surface area contributed by atoms with Crippen molar-refractivity contribution < 1.29 is 19.4 Å². The van der Waals surface area contributed by atoms with Crippen LogP contribution in [0.2, 0.25) is 0 Å². The molecule has 1 aromatic carbocycles. The van der Waals surface area contributed by atoms with Gasteiger partial charge in [0.05, 0.1) is 13.7 Å². The first kappa shape index (κ1) is 11.3. The maximum Gasteiger partial charge on any atom is 0.336 e. The number of carbonyl (C=O) groups is 2. The van der Waals surface area contributed by atoms with E-state index in [1.54, 1.807) is 24.3 Å². The van der Waals surface area contributed by atoms with Crippen molar-refractivity contribution in [3.8, 4) is 5.75 Å². The van der Waals surface area contributed by atoms with Gasteiger partial charge in [0.1, 0.15) is 5.75 Å². The number of ether oxygens (including phenoxy) is 1. The van der Waals surface area contributed by atoms with Gasteiger partial charge in [-0.25, -0.2) is 9.59 Å². The summed E-state index contributed by atoms with van der Waals surface area (Å²) in [5, 5.41) is 14.2. The molecule has 1 aromatic rings. The van der Waals surface area contributed by atoms with Crippen molar-refractivity contribution in [1.82, 2.24) is 10.6 Å². The fourth-order valence-corrected chi connectivity index (χ4v) is 1.90. The van der Waals surface area contributed by atoms with E-state index in [1.807, 2.05) is 0 Å². The summed E-state index contributed by atoms with van der Waals surface area (Å²) in [6, 6.07) is 6.22. The average Bonchev–Trinajstić information content (AvgIpc) is 2.73. The minimum Gasteiger partial charge on any atom is -0.496 e. The molecule has 3 N–H and O–H groups in total. The Morgan fingerprint density at radius 2 is 2.18 bits per heavy atom. The lowest BCUT2D eigenvalue weighted by molar-refractivity contribution is -0.144. The van der Waals surface area contributed by atoms with Crippen LogP contribution >= 0.6 is 0 Å². The topological polar surface area (TPSA) is 87.7 Å². The molecule has 1 aliphatic rings. The molecule has 1 unspecified atom stereocenters. The number of hydrogen-bond donors (Lipinski definition) is 3. The quantitative estimate of drug-likeness (QED) is 0.703. The Labute approximate surface area is 97.6 Å². The van der Waals surface area contributed by atoms with Gasteiger partial charge in [-0.1, -0.05) is 18.2 Å². The van der Waals surface area contributed by atoms with Crippen LogP contribution < -0.4 is 15.4 Å². The summed E-state index contributed by atoms with van der Waals surface area (Å²) in [6.07, 6.45) is 0. The van der Waals surface area contributed by atoms with E-state index in [0.29, 0.717) is 11.3 Å². The molecular weight excluding hydrogens is 224 g/mol. The van der Waals surface area contributed by atoms with Gasteiger partial charge in [-0.3, -0.25) is 0 Å². The van der Waals surface area contributed by atoms with Crippen LogP contribution in [-0.2, 0) is 10.3 Å². The van der Waals surface area contributed by atoms with Gasteiger partial charge in [0.25, 0.3) is 0 Å². The van der Waals surface area contributed by atoms with E-state index < -0.39 is 17.5 Å². The lowest BCUT2D eigenvalue weighted by atomic mass is 9.90. The Bertz CT molecular complexity index is 474. The third kappa shape index (κ3) is 1.67. The van der Waals surface area contributed by atoms with Gasteiger partial charge in [-0.05, 0) is 6.07 Å². The number of amides is 2. The minimum atomic E-state index is -1.47. The number of carboxylic acid groups (broad SMARTS) is 1. The van der Waals surface area contributed by atoms with Gasteiger partial charge in [0, 0.05) is 5.56 Å². The predicted molar refractivity (Wildman–Crippen MR) is 58.8 cm³/mol. The van der Waals surface area contributed by atoms with Gasteiger partial charge in [-0.2, -0.15) is 0 Å². The second-order valence-corrected chi connectivity index (χ2v) is 3.72. The molecule has 1 fully saturated rings. The number of aliphatic carboxylic acids is 1. The molecule has 0 aromatic heterocycles. The molecule has 0 bridgehead atoms. The van der Waals surface area contributed by atoms with Gasteiger partial charge in [-0.15, -0.1) is 0 Å². The molecule has 0 aliphatic carbocycles. The number of methoxy groups -OCH3 is 1. The SMILES string of the molecule is COc1ccccc1C1(C(=O)O)CNC(=O)N1. The molecule has 0 saturated carbocycles. The van der Waals surface area contributed by atoms with Crippen molar-refractivity contribution in [3.05, 3.63) is 29.8 Å². The number of carbonyl (C=O) groups excluding carboxylic acids is 1. The maximum atomic E-state index is 11.4. The fraction of sp³-hybridized carbons (Fsp3) is 0.273. The van der Waals surface area contributed by atoms with Gasteiger partial charge >= 0.3 is 12.0 Å². The highest BCUT2D eigenvalue weighted by atomic mass is 16.5. The molecule has 2 rings (SSSR count). The highest BCUT2D eigenvalue weighted by Crippen LogP contribution is 2.31. The highest BCUT2D eigenvalue weighted by Gasteiger charge is 2.48. The van der Waals surface area contributed by atoms with E-state index in [0.717, 1.165) is 0 Å².